The van der Waals surface area contributed by atoms with Crippen molar-refractivity contribution in [2.75, 3.05) is 19.7 Å². The van der Waals surface area contributed by atoms with Crippen LogP contribution in [-0.4, -0.2) is 34.0 Å². The average Bonchev–Trinajstić information content (AvgIpc) is 2.63. The van der Waals surface area contributed by atoms with Crippen molar-refractivity contribution >= 4 is 15.9 Å². The van der Waals surface area contributed by atoms with Crippen molar-refractivity contribution in [1.82, 2.24) is 10.0 Å². The van der Waals surface area contributed by atoms with Crippen molar-refractivity contribution in [3.8, 4) is 5.75 Å². The van der Waals surface area contributed by atoms with Gasteiger partial charge in [0.2, 0.25) is 10.0 Å². The molecule has 7 heteroatoms. The van der Waals surface area contributed by atoms with Crippen LogP contribution in [0.15, 0.2) is 34.7 Å². The van der Waals surface area contributed by atoms with Crippen molar-refractivity contribution in [3.63, 3.8) is 0 Å². The van der Waals surface area contributed by atoms with Gasteiger partial charge in [-0.2, -0.15) is 0 Å². The van der Waals surface area contributed by atoms with Crippen LogP contribution in [0.4, 0.5) is 0 Å². The SMILES string of the molecule is CCNS(=O)(=O)c1cc(C(=O)NCCC2=CCCCC2)ccc1OCC. The molecule has 144 valence electrons. The fourth-order valence-corrected chi connectivity index (χ4v) is 4.18. The van der Waals surface area contributed by atoms with Crippen LogP contribution in [0, 0.1) is 0 Å². The Morgan fingerprint density at radius 2 is 2.04 bits per heavy atom. The zero-order chi connectivity index (χ0) is 19.0. The maximum absolute atomic E-state index is 12.4. The van der Waals surface area contributed by atoms with Gasteiger partial charge in [-0.05, 0) is 57.2 Å². The highest BCUT2D eigenvalue weighted by molar-refractivity contribution is 7.89. The highest BCUT2D eigenvalue weighted by atomic mass is 32.2. The summed E-state index contributed by atoms with van der Waals surface area (Å²) in [6, 6.07) is 4.50. The predicted molar refractivity (Wildman–Crippen MR) is 102 cm³/mol. The Bertz CT molecular complexity index is 757. The third-order valence-electron chi connectivity index (χ3n) is 4.25. The number of sulfonamides is 1. The van der Waals surface area contributed by atoms with E-state index in [-0.39, 0.29) is 23.1 Å². The average molecular weight is 381 g/mol. The Balaban J connectivity index is 2.10. The molecule has 0 unspecified atom stereocenters. The number of benzene rings is 1. The molecule has 0 spiro atoms. The topological polar surface area (TPSA) is 84.5 Å². The highest BCUT2D eigenvalue weighted by Crippen LogP contribution is 2.25. The molecule has 6 nitrogen and oxygen atoms in total. The summed E-state index contributed by atoms with van der Waals surface area (Å²) in [4.78, 5) is 12.4. The number of allylic oxidation sites excluding steroid dienone is 1. The first-order chi connectivity index (χ1) is 12.5. The molecule has 0 bridgehead atoms. The van der Waals surface area contributed by atoms with E-state index in [4.69, 9.17) is 4.74 Å². The molecule has 0 aliphatic heterocycles. The first-order valence-corrected chi connectivity index (χ1v) is 10.7. The zero-order valence-corrected chi connectivity index (χ0v) is 16.3. The fraction of sp³-hybridized carbons (Fsp3) is 0.526. The largest absolute Gasteiger partial charge is 0.492 e. The van der Waals surface area contributed by atoms with E-state index >= 15 is 0 Å². The number of carbonyl (C=O) groups excluding carboxylic acids is 1. The molecule has 0 aromatic heterocycles. The maximum Gasteiger partial charge on any atom is 0.251 e. The van der Waals surface area contributed by atoms with Crippen LogP contribution in [-0.2, 0) is 10.0 Å². The standard InChI is InChI=1S/C19H28N2O4S/c1-3-21-26(23,24)18-14-16(10-11-17(18)25-4-2)19(22)20-13-12-15-8-6-5-7-9-15/h8,10-11,14,21H,3-7,9,12-13H2,1-2H3,(H,20,22). The van der Waals surface area contributed by atoms with Crippen LogP contribution in [0.5, 0.6) is 5.75 Å². The monoisotopic (exact) mass is 380 g/mol. The van der Waals surface area contributed by atoms with Crippen molar-refractivity contribution in [1.29, 1.82) is 0 Å². The second-order valence-corrected chi connectivity index (χ2v) is 7.95. The van der Waals surface area contributed by atoms with Crippen LogP contribution in [0.25, 0.3) is 0 Å². The van der Waals surface area contributed by atoms with Gasteiger partial charge in [-0.1, -0.05) is 18.6 Å². The van der Waals surface area contributed by atoms with E-state index in [1.807, 2.05) is 0 Å². The molecule has 1 aliphatic carbocycles. The van der Waals surface area contributed by atoms with E-state index in [1.165, 1.54) is 30.5 Å². The summed E-state index contributed by atoms with van der Waals surface area (Å²) >= 11 is 0. The Hall–Kier alpha value is -1.86. The summed E-state index contributed by atoms with van der Waals surface area (Å²) in [5, 5.41) is 2.87. The van der Waals surface area contributed by atoms with Gasteiger partial charge >= 0.3 is 0 Å². The van der Waals surface area contributed by atoms with E-state index in [0.717, 1.165) is 19.3 Å². The lowest BCUT2D eigenvalue weighted by atomic mass is 9.97. The van der Waals surface area contributed by atoms with Gasteiger partial charge in [0.15, 0.2) is 0 Å². The summed E-state index contributed by atoms with van der Waals surface area (Å²) < 4.78 is 32.6. The molecule has 0 atom stereocenters. The van der Waals surface area contributed by atoms with Gasteiger partial charge in [0.1, 0.15) is 10.6 Å². The highest BCUT2D eigenvalue weighted by Gasteiger charge is 2.21. The lowest BCUT2D eigenvalue weighted by Gasteiger charge is -2.14. The van der Waals surface area contributed by atoms with E-state index in [0.29, 0.717) is 18.7 Å². The van der Waals surface area contributed by atoms with Gasteiger partial charge in [-0.15, -0.1) is 0 Å². The normalized spacial score (nSPS) is 14.6. The molecule has 0 saturated heterocycles. The molecular weight excluding hydrogens is 352 g/mol. The lowest BCUT2D eigenvalue weighted by Crippen LogP contribution is -2.27. The van der Waals surface area contributed by atoms with E-state index in [2.05, 4.69) is 16.1 Å². The molecule has 0 radical (unpaired) electrons. The summed E-state index contributed by atoms with van der Waals surface area (Å²) in [7, 11) is -3.72. The van der Waals surface area contributed by atoms with Crippen LogP contribution >= 0.6 is 0 Å². The molecule has 1 amide bonds. The lowest BCUT2D eigenvalue weighted by molar-refractivity contribution is 0.0953. The van der Waals surface area contributed by atoms with Crippen LogP contribution in [0.1, 0.15) is 56.3 Å². The maximum atomic E-state index is 12.4. The summed E-state index contributed by atoms with van der Waals surface area (Å²) in [6.45, 7) is 4.64. The van der Waals surface area contributed by atoms with Gasteiger partial charge in [0.25, 0.3) is 5.91 Å². The Morgan fingerprint density at radius 3 is 2.69 bits per heavy atom. The number of ether oxygens (including phenoxy) is 1. The molecular formula is C19H28N2O4S. The van der Waals surface area contributed by atoms with Crippen LogP contribution in [0.3, 0.4) is 0 Å². The first-order valence-electron chi connectivity index (χ1n) is 9.20. The molecule has 0 heterocycles. The van der Waals surface area contributed by atoms with Crippen molar-refractivity contribution in [2.45, 2.75) is 50.8 Å². The fourth-order valence-electron chi connectivity index (χ4n) is 2.97. The molecule has 2 rings (SSSR count). The molecule has 2 N–H and O–H groups in total. The third-order valence-corrected chi connectivity index (χ3v) is 5.81. The predicted octanol–water partition coefficient (Wildman–Crippen LogP) is 3.00. The van der Waals surface area contributed by atoms with E-state index < -0.39 is 10.0 Å². The van der Waals surface area contributed by atoms with Crippen molar-refractivity contribution in [2.24, 2.45) is 0 Å². The van der Waals surface area contributed by atoms with Gasteiger partial charge in [-0.3, -0.25) is 4.79 Å². The van der Waals surface area contributed by atoms with E-state index in [9.17, 15) is 13.2 Å². The minimum absolute atomic E-state index is 0.0103. The molecule has 0 fully saturated rings. The minimum atomic E-state index is -3.72. The van der Waals surface area contributed by atoms with Crippen molar-refractivity contribution in [3.05, 3.63) is 35.4 Å². The zero-order valence-electron chi connectivity index (χ0n) is 15.5. The molecule has 1 aromatic rings. The number of amides is 1. The second kappa shape index (κ2) is 9.73. The summed E-state index contributed by atoms with van der Waals surface area (Å²) in [5.74, 6) is -0.0326. The third kappa shape index (κ3) is 5.57. The van der Waals surface area contributed by atoms with Crippen LogP contribution < -0.4 is 14.8 Å². The number of carbonyl (C=O) groups is 1. The Labute approximate surface area is 156 Å². The van der Waals surface area contributed by atoms with Gasteiger partial charge in [0.05, 0.1) is 6.61 Å². The Morgan fingerprint density at radius 1 is 1.23 bits per heavy atom. The number of rotatable bonds is 9. The molecule has 0 saturated carbocycles. The summed E-state index contributed by atoms with van der Waals surface area (Å²) in [6.07, 6.45) is 7.77. The quantitative estimate of drug-likeness (QED) is 0.645. The van der Waals surface area contributed by atoms with Crippen LogP contribution in [0.2, 0.25) is 0 Å². The summed E-state index contributed by atoms with van der Waals surface area (Å²) in [5.41, 5.74) is 1.70. The number of hydrogen-bond donors (Lipinski definition) is 2. The van der Waals surface area contributed by atoms with Gasteiger partial charge in [-0.25, -0.2) is 13.1 Å². The second-order valence-electron chi connectivity index (χ2n) is 6.21. The minimum Gasteiger partial charge on any atom is -0.492 e. The molecule has 26 heavy (non-hydrogen) atoms. The van der Waals surface area contributed by atoms with E-state index in [1.54, 1.807) is 19.9 Å². The van der Waals surface area contributed by atoms with Gasteiger partial charge in [0, 0.05) is 18.7 Å². The smallest absolute Gasteiger partial charge is 0.251 e. The molecule has 1 aliphatic rings. The number of hydrogen-bond acceptors (Lipinski definition) is 4. The Kier molecular flexibility index (Phi) is 7.66. The number of nitrogens with one attached hydrogen (secondary N) is 2. The first kappa shape index (κ1) is 20.5. The molecule has 1 aromatic carbocycles. The van der Waals surface area contributed by atoms with Crippen molar-refractivity contribution < 1.29 is 17.9 Å². The van der Waals surface area contributed by atoms with Gasteiger partial charge < -0.3 is 10.1 Å².